The van der Waals surface area contributed by atoms with Crippen molar-refractivity contribution in [2.45, 2.75) is 13.3 Å². The fourth-order valence-corrected chi connectivity index (χ4v) is 3.10. The summed E-state index contributed by atoms with van der Waals surface area (Å²) in [4.78, 5) is 10.2. The average molecular weight is 285 g/mol. The second kappa shape index (κ2) is 5.09. The number of fused-ring (bicyclic) bond motifs is 1. The van der Waals surface area contributed by atoms with E-state index in [1.54, 1.807) is 18.4 Å². The Balaban J connectivity index is 2.20. The molecule has 2 heterocycles. The molecule has 0 aliphatic rings. The third-order valence-electron chi connectivity index (χ3n) is 3.26. The number of rotatable bonds is 3. The second-order valence-corrected chi connectivity index (χ2v) is 5.36. The molecule has 0 aliphatic carbocycles. The summed E-state index contributed by atoms with van der Waals surface area (Å²) >= 11 is 1.65. The topological polar surface area (TPSA) is 61.0 Å². The number of ether oxygens (including phenoxy) is 1. The Morgan fingerprint density at radius 2 is 2.10 bits per heavy atom. The van der Waals surface area contributed by atoms with E-state index >= 15 is 0 Å². The van der Waals surface area contributed by atoms with Gasteiger partial charge in [0, 0.05) is 5.39 Å². The number of nitrogens with zero attached hydrogens (tertiary/aromatic N) is 2. The van der Waals surface area contributed by atoms with E-state index in [4.69, 9.17) is 10.5 Å². The zero-order chi connectivity index (χ0) is 14.1. The standard InChI is InChI=1S/C15H15N3OS/c1-3-9-6-7-20-13(9)15-17-12-5-4-10(19-2)8-11(12)14(16)18-15/h4-8H,3H2,1-2H3,(H2,16,17,18). The molecule has 0 atom stereocenters. The number of benzene rings is 1. The molecule has 0 bridgehead atoms. The molecule has 0 amide bonds. The van der Waals surface area contributed by atoms with Crippen LogP contribution in [0.3, 0.4) is 0 Å². The Morgan fingerprint density at radius 3 is 2.85 bits per heavy atom. The summed E-state index contributed by atoms with van der Waals surface area (Å²) in [5.74, 6) is 1.94. The van der Waals surface area contributed by atoms with Crippen molar-refractivity contribution in [1.29, 1.82) is 0 Å². The maximum absolute atomic E-state index is 6.08. The lowest BCUT2D eigenvalue weighted by molar-refractivity contribution is 0.415. The number of anilines is 1. The lowest BCUT2D eigenvalue weighted by Gasteiger charge is -2.07. The highest BCUT2D eigenvalue weighted by molar-refractivity contribution is 7.13. The van der Waals surface area contributed by atoms with Crippen LogP contribution in [0, 0.1) is 0 Å². The van der Waals surface area contributed by atoms with E-state index in [9.17, 15) is 0 Å². The van der Waals surface area contributed by atoms with Crippen LogP contribution in [-0.2, 0) is 6.42 Å². The lowest BCUT2D eigenvalue weighted by atomic mass is 10.2. The third kappa shape index (κ3) is 2.10. The van der Waals surface area contributed by atoms with Crippen LogP contribution >= 0.6 is 11.3 Å². The third-order valence-corrected chi connectivity index (χ3v) is 4.22. The molecule has 0 saturated carbocycles. The first kappa shape index (κ1) is 12.9. The second-order valence-electron chi connectivity index (χ2n) is 4.44. The van der Waals surface area contributed by atoms with E-state index < -0.39 is 0 Å². The maximum atomic E-state index is 6.08. The van der Waals surface area contributed by atoms with Gasteiger partial charge < -0.3 is 10.5 Å². The highest BCUT2D eigenvalue weighted by atomic mass is 32.1. The fourth-order valence-electron chi connectivity index (χ4n) is 2.17. The summed E-state index contributed by atoms with van der Waals surface area (Å²) in [7, 11) is 1.63. The molecule has 1 aromatic carbocycles. The Bertz CT molecular complexity index is 767. The highest BCUT2D eigenvalue weighted by Crippen LogP contribution is 2.31. The van der Waals surface area contributed by atoms with Crippen molar-refractivity contribution < 1.29 is 4.74 Å². The predicted molar refractivity (Wildman–Crippen MR) is 83.2 cm³/mol. The van der Waals surface area contributed by atoms with Gasteiger partial charge in [-0.2, -0.15) is 0 Å². The molecule has 20 heavy (non-hydrogen) atoms. The molecule has 0 aliphatic heterocycles. The number of thiophene rings is 1. The number of methoxy groups -OCH3 is 1. The number of nitrogens with two attached hydrogens (primary N) is 1. The normalized spacial score (nSPS) is 10.9. The molecule has 2 N–H and O–H groups in total. The minimum atomic E-state index is 0.486. The van der Waals surface area contributed by atoms with Crippen molar-refractivity contribution in [3.05, 3.63) is 35.2 Å². The van der Waals surface area contributed by atoms with Crippen LogP contribution in [0.2, 0.25) is 0 Å². The summed E-state index contributed by atoms with van der Waals surface area (Å²) in [6, 6.07) is 7.77. The van der Waals surface area contributed by atoms with Crippen molar-refractivity contribution in [2.24, 2.45) is 0 Å². The monoisotopic (exact) mass is 285 g/mol. The van der Waals surface area contributed by atoms with Crippen LogP contribution in [-0.4, -0.2) is 17.1 Å². The van der Waals surface area contributed by atoms with Crippen molar-refractivity contribution in [3.63, 3.8) is 0 Å². The quantitative estimate of drug-likeness (QED) is 0.800. The minimum absolute atomic E-state index is 0.486. The number of aryl methyl sites for hydroxylation is 1. The lowest BCUT2D eigenvalue weighted by Crippen LogP contribution is -1.98. The van der Waals surface area contributed by atoms with Gasteiger partial charge in [-0.3, -0.25) is 0 Å². The van der Waals surface area contributed by atoms with Crippen molar-refractivity contribution in [2.75, 3.05) is 12.8 Å². The summed E-state index contributed by atoms with van der Waals surface area (Å²) in [6.07, 6.45) is 0.961. The zero-order valence-electron chi connectivity index (χ0n) is 11.4. The van der Waals surface area contributed by atoms with Gasteiger partial charge in [0.05, 0.1) is 17.5 Å². The van der Waals surface area contributed by atoms with Crippen LogP contribution in [0.25, 0.3) is 21.6 Å². The average Bonchev–Trinajstić information content (AvgIpc) is 2.95. The van der Waals surface area contributed by atoms with E-state index in [2.05, 4.69) is 28.3 Å². The first-order valence-electron chi connectivity index (χ1n) is 6.41. The van der Waals surface area contributed by atoms with Crippen molar-refractivity contribution in [3.8, 4) is 16.5 Å². The Morgan fingerprint density at radius 1 is 1.25 bits per heavy atom. The Hall–Kier alpha value is -2.14. The molecule has 102 valence electrons. The van der Waals surface area contributed by atoms with E-state index in [0.29, 0.717) is 11.6 Å². The molecular weight excluding hydrogens is 270 g/mol. The SMILES string of the molecule is CCc1ccsc1-c1nc(N)c2cc(OC)ccc2n1. The summed E-state index contributed by atoms with van der Waals surface area (Å²) in [5.41, 5.74) is 8.17. The fraction of sp³-hybridized carbons (Fsp3) is 0.200. The largest absolute Gasteiger partial charge is 0.497 e. The Kier molecular flexibility index (Phi) is 3.28. The van der Waals surface area contributed by atoms with Gasteiger partial charge in [0.25, 0.3) is 0 Å². The first-order chi connectivity index (χ1) is 9.72. The van der Waals surface area contributed by atoms with E-state index in [0.717, 1.165) is 28.0 Å². The van der Waals surface area contributed by atoms with Crippen molar-refractivity contribution >= 4 is 28.1 Å². The smallest absolute Gasteiger partial charge is 0.172 e. The van der Waals surface area contributed by atoms with Gasteiger partial charge in [-0.15, -0.1) is 11.3 Å². The molecule has 4 nitrogen and oxygen atoms in total. The van der Waals surface area contributed by atoms with Gasteiger partial charge in [0.2, 0.25) is 0 Å². The highest BCUT2D eigenvalue weighted by Gasteiger charge is 2.12. The van der Waals surface area contributed by atoms with Crippen LogP contribution in [0.15, 0.2) is 29.6 Å². The molecule has 0 radical (unpaired) electrons. The zero-order valence-corrected chi connectivity index (χ0v) is 12.2. The molecule has 0 spiro atoms. The first-order valence-corrected chi connectivity index (χ1v) is 7.29. The van der Waals surface area contributed by atoms with Gasteiger partial charge in [0.15, 0.2) is 5.82 Å². The predicted octanol–water partition coefficient (Wildman–Crippen LogP) is 3.51. The van der Waals surface area contributed by atoms with Gasteiger partial charge in [-0.25, -0.2) is 9.97 Å². The van der Waals surface area contributed by atoms with E-state index in [-0.39, 0.29) is 0 Å². The molecule has 3 rings (SSSR count). The maximum Gasteiger partial charge on any atom is 0.172 e. The van der Waals surface area contributed by atoms with Crippen LogP contribution < -0.4 is 10.5 Å². The van der Waals surface area contributed by atoms with Gasteiger partial charge in [-0.05, 0) is 41.6 Å². The van der Waals surface area contributed by atoms with Crippen LogP contribution in [0.4, 0.5) is 5.82 Å². The number of aromatic nitrogens is 2. The number of hydrogen-bond donors (Lipinski definition) is 1. The molecule has 0 fully saturated rings. The number of nitrogen functional groups attached to an aromatic ring is 1. The van der Waals surface area contributed by atoms with Crippen molar-refractivity contribution in [1.82, 2.24) is 9.97 Å². The van der Waals surface area contributed by atoms with Gasteiger partial charge in [0.1, 0.15) is 11.6 Å². The van der Waals surface area contributed by atoms with E-state index in [1.165, 1.54) is 5.56 Å². The molecule has 0 unspecified atom stereocenters. The van der Waals surface area contributed by atoms with Gasteiger partial charge in [-0.1, -0.05) is 6.92 Å². The molecular formula is C15H15N3OS. The van der Waals surface area contributed by atoms with Gasteiger partial charge >= 0.3 is 0 Å². The van der Waals surface area contributed by atoms with E-state index in [1.807, 2.05) is 18.2 Å². The number of hydrogen-bond acceptors (Lipinski definition) is 5. The Labute approximate surface area is 121 Å². The summed E-state index contributed by atoms with van der Waals surface area (Å²) in [5, 5.41) is 2.88. The summed E-state index contributed by atoms with van der Waals surface area (Å²) in [6.45, 7) is 2.13. The van der Waals surface area contributed by atoms with Crippen LogP contribution in [0.5, 0.6) is 5.75 Å². The molecule has 0 saturated heterocycles. The van der Waals surface area contributed by atoms with Crippen LogP contribution in [0.1, 0.15) is 12.5 Å². The molecule has 5 heteroatoms. The minimum Gasteiger partial charge on any atom is -0.497 e. The molecule has 2 aromatic heterocycles. The summed E-state index contributed by atoms with van der Waals surface area (Å²) < 4.78 is 5.21. The molecule has 3 aromatic rings.